The minimum absolute atomic E-state index is 0.138. The average Bonchev–Trinajstić information content (AvgIpc) is 3.22. The van der Waals surface area contributed by atoms with Crippen molar-refractivity contribution in [2.24, 2.45) is 0 Å². The molecule has 0 aliphatic rings. The molecular weight excluding hydrogens is 440 g/mol. The minimum Gasteiger partial charge on any atom is -0.497 e. The van der Waals surface area contributed by atoms with E-state index >= 15 is 0 Å². The van der Waals surface area contributed by atoms with Gasteiger partial charge in [-0.2, -0.15) is 0 Å². The van der Waals surface area contributed by atoms with Gasteiger partial charge in [0.15, 0.2) is 17.1 Å². The number of anilines is 1. The molecule has 174 valence electrons. The molecule has 1 heterocycles. The highest BCUT2D eigenvalue weighted by Gasteiger charge is 2.20. The highest BCUT2D eigenvalue weighted by Crippen LogP contribution is 2.26. The van der Waals surface area contributed by atoms with E-state index in [2.05, 4.69) is 22.1 Å². The van der Waals surface area contributed by atoms with E-state index < -0.39 is 0 Å². The minimum atomic E-state index is -0.349. The second kappa shape index (κ2) is 12.0. The van der Waals surface area contributed by atoms with Crippen LogP contribution in [0.4, 0.5) is 5.69 Å². The zero-order chi connectivity index (χ0) is 23.6. The number of ether oxygens (including phenoxy) is 3. The summed E-state index contributed by atoms with van der Waals surface area (Å²) in [4.78, 5) is 12.4. The molecule has 2 aromatic carbocycles. The molecule has 0 aliphatic carbocycles. The number of rotatable bonds is 12. The summed E-state index contributed by atoms with van der Waals surface area (Å²) in [6.45, 7) is 8.75. The lowest BCUT2D eigenvalue weighted by molar-refractivity contribution is -0.113. The van der Waals surface area contributed by atoms with E-state index in [1.807, 2.05) is 66.9 Å². The molecule has 9 heteroatoms. The molecule has 0 bridgehead atoms. The first-order valence-electron chi connectivity index (χ1n) is 10.5. The SMILES string of the molecule is C=CCn1c(SCC(=O)Nc2ccc(OCC)cc2)nnc1C(C)Oc1ccc(OC)cc1. The summed E-state index contributed by atoms with van der Waals surface area (Å²) >= 11 is 1.31. The molecule has 0 aliphatic heterocycles. The number of amides is 1. The number of thioether (sulfide) groups is 1. The van der Waals surface area contributed by atoms with Crippen molar-refractivity contribution >= 4 is 23.4 Å². The Morgan fingerprint density at radius 2 is 1.79 bits per heavy atom. The van der Waals surface area contributed by atoms with Gasteiger partial charge in [0.1, 0.15) is 17.2 Å². The summed E-state index contributed by atoms with van der Waals surface area (Å²) in [7, 11) is 1.62. The van der Waals surface area contributed by atoms with E-state index in [1.54, 1.807) is 13.2 Å². The molecule has 0 fully saturated rings. The van der Waals surface area contributed by atoms with Crippen LogP contribution in [0.1, 0.15) is 25.8 Å². The summed E-state index contributed by atoms with van der Waals surface area (Å²) in [6, 6.07) is 14.6. The third-order valence-electron chi connectivity index (χ3n) is 4.57. The topological polar surface area (TPSA) is 87.5 Å². The van der Waals surface area contributed by atoms with Crippen LogP contribution in [0, 0.1) is 0 Å². The maximum Gasteiger partial charge on any atom is 0.234 e. The number of allylic oxidation sites excluding steroid dienone is 1. The number of nitrogens with one attached hydrogen (secondary N) is 1. The van der Waals surface area contributed by atoms with Crippen molar-refractivity contribution in [3.05, 3.63) is 67.0 Å². The van der Waals surface area contributed by atoms with Crippen LogP contribution in [0.25, 0.3) is 0 Å². The Hall–Kier alpha value is -3.46. The van der Waals surface area contributed by atoms with Crippen molar-refractivity contribution < 1.29 is 19.0 Å². The standard InChI is InChI=1S/C24H28N4O4S/c1-5-15-28-23(17(3)32-21-13-11-19(30-4)12-14-21)26-27-24(28)33-16-22(29)25-18-7-9-20(10-8-18)31-6-2/h5,7-14,17H,1,6,15-16H2,2-4H3,(H,25,29). The molecule has 1 amide bonds. The van der Waals surface area contributed by atoms with Crippen molar-refractivity contribution in [3.63, 3.8) is 0 Å². The predicted octanol–water partition coefficient (Wildman–Crippen LogP) is 4.74. The van der Waals surface area contributed by atoms with Gasteiger partial charge in [0, 0.05) is 12.2 Å². The average molecular weight is 469 g/mol. The van der Waals surface area contributed by atoms with Gasteiger partial charge < -0.3 is 19.5 Å². The fourth-order valence-corrected chi connectivity index (χ4v) is 3.80. The van der Waals surface area contributed by atoms with Crippen LogP contribution in [0.3, 0.4) is 0 Å². The van der Waals surface area contributed by atoms with Crippen LogP contribution in [0.5, 0.6) is 17.2 Å². The lowest BCUT2D eigenvalue weighted by Gasteiger charge is -2.16. The van der Waals surface area contributed by atoms with Gasteiger partial charge in [-0.05, 0) is 62.4 Å². The van der Waals surface area contributed by atoms with Crippen molar-refractivity contribution in [2.45, 2.75) is 31.7 Å². The molecule has 1 N–H and O–H groups in total. The number of hydrogen-bond donors (Lipinski definition) is 1. The smallest absolute Gasteiger partial charge is 0.234 e. The Bertz CT molecular complexity index is 1050. The van der Waals surface area contributed by atoms with E-state index in [0.29, 0.717) is 35.6 Å². The normalized spacial score (nSPS) is 11.5. The van der Waals surface area contributed by atoms with Crippen LogP contribution in [-0.4, -0.2) is 40.1 Å². The number of methoxy groups -OCH3 is 1. The van der Waals surface area contributed by atoms with Gasteiger partial charge in [-0.15, -0.1) is 16.8 Å². The van der Waals surface area contributed by atoms with E-state index in [4.69, 9.17) is 14.2 Å². The largest absolute Gasteiger partial charge is 0.497 e. The van der Waals surface area contributed by atoms with Gasteiger partial charge in [0.2, 0.25) is 5.91 Å². The van der Waals surface area contributed by atoms with Gasteiger partial charge in [-0.25, -0.2) is 0 Å². The Balaban J connectivity index is 1.61. The highest BCUT2D eigenvalue weighted by atomic mass is 32.2. The van der Waals surface area contributed by atoms with Crippen LogP contribution in [0.15, 0.2) is 66.3 Å². The molecule has 1 aromatic heterocycles. The van der Waals surface area contributed by atoms with Crippen molar-refractivity contribution in [1.82, 2.24) is 14.8 Å². The Morgan fingerprint density at radius 3 is 2.42 bits per heavy atom. The molecule has 33 heavy (non-hydrogen) atoms. The molecule has 0 saturated carbocycles. The van der Waals surface area contributed by atoms with Crippen molar-refractivity contribution in [1.29, 1.82) is 0 Å². The van der Waals surface area contributed by atoms with Crippen LogP contribution >= 0.6 is 11.8 Å². The van der Waals surface area contributed by atoms with Gasteiger partial charge in [-0.1, -0.05) is 17.8 Å². The van der Waals surface area contributed by atoms with Gasteiger partial charge >= 0.3 is 0 Å². The van der Waals surface area contributed by atoms with Crippen molar-refractivity contribution in [3.8, 4) is 17.2 Å². The van der Waals surface area contributed by atoms with E-state index in [0.717, 1.165) is 11.5 Å². The molecule has 1 atom stereocenters. The summed E-state index contributed by atoms with van der Waals surface area (Å²) in [5.41, 5.74) is 0.707. The second-order valence-electron chi connectivity index (χ2n) is 6.97. The lowest BCUT2D eigenvalue weighted by atomic mass is 10.3. The van der Waals surface area contributed by atoms with Gasteiger partial charge in [-0.3, -0.25) is 9.36 Å². The fraction of sp³-hybridized carbons (Fsp3) is 0.292. The van der Waals surface area contributed by atoms with Gasteiger partial charge in [0.05, 0.1) is 19.5 Å². The maximum atomic E-state index is 12.4. The Morgan fingerprint density at radius 1 is 1.12 bits per heavy atom. The Labute approximate surface area is 198 Å². The zero-order valence-electron chi connectivity index (χ0n) is 19.0. The first-order chi connectivity index (χ1) is 16.0. The first-order valence-corrected chi connectivity index (χ1v) is 11.5. The summed E-state index contributed by atoms with van der Waals surface area (Å²) < 4.78 is 18.5. The lowest BCUT2D eigenvalue weighted by Crippen LogP contribution is -2.15. The van der Waals surface area contributed by atoms with Crippen molar-refractivity contribution in [2.75, 3.05) is 24.8 Å². The molecule has 3 aromatic rings. The molecule has 3 rings (SSSR count). The number of carbonyl (C=O) groups is 1. The van der Waals surface area contributed by atoms with E-state index in [9.17, 15) is 4.79 Å². The van der Waals surface area contributed by atoms with Gasteiger partial charge in [0.25, 0.3) is 0 Å². The van der Waals surface area contributed by atoms with Crippen LogP contribution in [-0.2, 0) is 11.3 Å². The van der Waals surface area contributed by atoms with Crippen LogP contribution < -0.4 is 19.5 Å². The van der Waals surface area contributed by atoms with E-state index in [1.165, 1.54) is 11.8 Å². The summed E-state index contributed by atoms with van der Waals surface area (Å²) in [5.74, 6) is 2.92. The number of hydrogen-bond acceptors (Lipinski definition) is 7. The highest BCUT2D eigenvalue weighted by molar-refractivity contribution is 7.99. The monoisotopic (exact) mass is 468 g/mol. The summed E-state index contributed by atoms with van der Waals surface area (Å²) in [6.07, 6.45) is 1.41. The number of aromatic nitrogens is 3. The number of carbonyl (C=O) groups excluding carboxylic acids is 1. The molecule has 0 spiro atoms. The maximum absolute atomic E-state index is 12.4. The molecule has 8 nitrogen and oxygen atoms in total. The Kier molecular flexibility index (Phi) is 8.77. The first kappa shape index (κ1) is 24.2. The third-order valence-corrected chi connectivity index (χ3v) is 5.54. The molecular formula is C24H28N4O4S. The molecule has 0 radical (unpaired) electrons. The quantitative estimate of drug-likeness (QED) is 0.303. The number of nitrogens with zero attached hydrogens (tertiary/aromatic N) is 3. The fourth-order valence-electron chi connectivity index (χ4n) is 3.05. The summed E-state index contributed by atoms with van der Waals surface area (Å²) in [5, 5.41) is 12.1. The van der Waals surface area contributed by atoms with E-state index in [-0.39, 0.29) is 17.8 Å². The molecule has 1 unspecified atom stereocenters. The number of benzene rings is 2. The molecule has 0 saturated heterocycles. The zero-order valence-corrected chi connectivity index (χ0v) is 19.8. The van der Waals surface area contributed by atoms with Crippen LogP contribution in [0.2, 0.25) is 0 Å². The second-order valence-corrected chi connectivity index (χ2v) is 7.91. The predicted molar refractivity (Wildman–Crippen MR) is 129 cm³/mol. The third kappa shape index (κ3) is 6.76.